The van der Waals surface area contributed by atoms with Gasteiger partial charge >= 0.3 is 0 Å². The second-order valence-corrected chi connectivity index (χ2v) is 6.28. The molecule has 20 heavy (non-hydrogen) atoms. The average Bonchev–Trinajstić information content (AvgIpc) is 2.40. The summed E-state index contributed by atoms with van der Waals surface area (Å²) in [5.74, 6) is 0. The molecule has 0 aliphatic rings. The van der Waals surface area contributed by atoms with E-state index >= 15 is 0 Å². The van der Waals surface area contributed by atoms with Crippen LogP contribution in [-0.4, -0.2) is 4.92 Å². The molecule has 6 heteroatoms. The summed E-state index contributed by atoms with van der Waals surface area (Å²) in [6.07, 6.45) is 0.909. The van der Waals surface area contributed by atoms with Crippen molar-refractivity contribution in [3.8, 4) is 0 Å². The molecule has 4 nitrogen and oxygen atoms in total. The Kier molecular flexibility index (Phi) is 4.98. The zero-order valence-electron chi connectivity index (χ0n) is 10.7. The Morgan fingerprint density at radius 1 is 1.30 bits per heavy atom. The monoisotopic (exact) mass is 446 g/mol. The molecule has 0 aliphatic heterocycles. The third-order valence-corrected chi connectivity index (χ3v) is 4.23. The highest BCUT2D eigenvalue weighted by Crippen LogP contribution is 2.28. The summed E-state index contributed by atoms with van der Waals surface area (Å²) >= 11 is 5.43. The van der Waals surface area contributed by atoms with Crippen LogP contribution in [0.3, 0.4) is 0 Å². The van der Waals surface area contributed by atoms with E-state index in [0.717, 1.165) is 22.3 Å². The number of hydrogen-bond acceptors (Lipinski definition) is 3. The average molecular weight is 447 g/mol. The number of nitrogens with one attached hydrogen (secondary N) is 1. The topological polar surface area (TPSA) is 55.2 Å². The maximum absolute atomic E-state index is 10.8. The largest absolute Gasteiger partial charge is 0.355 e. The molecule has 0 saturated carbocycles. The van der Waals surface area contributed by atoms with Crippen molar-refractivity contribution < 1.29 is 4.92 Å². The lowest BCUT2D eigenvalue weighted by Gasteiger charge is -2.12. The van der Waals surface area contributed by atoms with Crippen molar-refractivity contribution in [1.29, 1.82) is 0 Å². The van der Waals surface area contributed by atoms with E-state index in [9.17, 15) is 10.1 Å². The summed E-state index contributed by atoms with van der Waals surface area (Å²) < 4.78 is 1.66. The standard InChI is InChI=1S/C14H12BrIN2O2/c1-2-9-7-10(15)3-5-13(9)17-11-4-6-14(18(19)20)12(16)8-11/h3-8,17H,2H2,1H3. The van der Waals surface area contributed by atoms with E-state index in [4.69, 9.17) is 0 Å². The van der Waals surface area contributed by atoms with E-state index in [2.05, 4.69) is 34.2 Å². The maximum atomic E-state index is 10.8. The first-order valence-electron chi connectivity index (χ1n) is 6.00. The fraction of sp³-hybridized carbons (Fsp3) is 0.143. The van der Waals surface area contributed by atoms with Crippen molar-refractivity contribution >= 4 is 55.6 Å². The van der Waals surface area contributed by atoms with E-state index < -0.39 is 0 Å². The predicted octanol–water partition coefficient (Wildman–Crippen LogP) is 5.27. The quantitative estimate of drug-likeness (QED) is 0.395. The molecule has 0 aliphatic carbocycles. The summed E-state index contributed by atoms with van der Waals surface area (Å²) in [5, 5.41) is 14.1. The lowest BCUT2D eigenvalue weighted by atomic mass is 10.1. The molecule has 2 aromatic rings. The van der Waals surface area contributed by atoms with Crippen LogP contribution in [0.5, 0.6) is 0 Å². The normalized spacial score (nSPS) is 10.3. The number of nitro groups is 1. The first-order chi connectivity index (χ1) is 9.51. The summed E-state index contributed by atoms with van der Waals surface area (Å²) in [7, 11) is 0. The Balaban J connectivity index is 2.31. The fourth-order valence-electron chi connectivity index (χ4n) is 1.86. The molecule has 0 heterocycles. The summed E-state index contributed by atoms with van der Waals surface area (Å²) in [5.41, 5.74) is 3.17. The van der Waals surface area contributed by atoms with Gasteiger partial charge in [0, 0.05) is 21.9 Å². The highest BCUT2D eigenvalue weighted by molar-refractivity contribution is 14.1. The number of benzene rings is 2. The van der Waals surface area contributed by atoms with Crippen molar-refractivity contribution in [2.24, 2.45) is 0 Å². The fourth-order valence-corrected chi connectivity index (χ4v) is 2.99. The Hall–Kier alpha value is -1.15. The van der Waals surface area contributed by atoms with Gasteiger partial charge in [-0.3, -0.25) is 10.1 Å². The first-order valence-corrected chi connectivity index (χ1v) is 7.88. The highest BCUT2D eigenvalue weighted by Gasteiger charge is 2.12. The molecule has 0 unspecified atom stereocenters. The number of anilines is 2. The van der Waals surface area contributed by atoms with Crippen molar-refractivity contribution in [2.75, 3.05) is 5.32 Å². The Labute approximate surface area is 139 Å². The zero-order chi connectivity index (χ0) is 14.7. The van der Waals surface area contributed by atoms with E-state index in [0.29, 0.717) is 3.57 Å². The van der Waals surface area contributed by atoms with Gasteiger partial charge in [0.15, 0.2) is 0 Å². The van der Waals surface area contributed by atoms with Crippen molar-refractivity contribution in [3.63, 3.8) is 0 Å². The number of nitrogens with zero attached hydrogens (tertiary/aromatic N) is 1. The molecule has 2 aromatic carbocycles. The van der Waals surface area contributed by atoms with Crippen LogP contribution in [0.25, 0.3) is 0 Å². The minimum atomic E-state index is -0.372. The van der Waals surface area contributed by atoms with Gasteiger partial charge in [0.05, 0.1) is 8.49 Å². The number of halogens is 2. The van der Waals surface area contributed by atoms with Gasteiger partial charge in [-0.15, -0.1) is 0 Å². The van der Waals surface area contributed by atoms with Crippen LogP contribution in [-0.2, 0) is 6.42 Å². The number of aryl methyl sites for hydroxylation is 1. The molecule has 0 amide bonds. The van der Waals surface area contributed by atoms with Gasteiger partial charge in [-0.05, 0) is 64.9 Å². The van der Waals surface area contributed by atoms with Crippen LogP contribution < -0.4 is 5.32 Å². The molecule has 0 atom stereocenters. The van der Waals surface area contributed by atoms with Crippen LogP contribution >= 0.6 is 38.5 Å². The van der Waals surface area contributed by atoms with E-state index in [1.54, 1.807) is 12.1 Å². The Morgan fingerprint density at radius 3 is 2.65 bits per heavy atom. The van der Waals surface area contributed by atoms with Gasteiger partial charge in [0.2, 0.25) is 0 Å². The lowest BCUT2D eigenvalue weighted by Crippen LogP contribution is -1.97. The summed E-state index contributed by atoms with van der Waals surface area (Å²) in [6, 6.07) is 11.1. The van der Waals surface area contributed by atoms with Crippen LogP contribution in [0.15, 0.2) is 40.9 Å². The second kappa shape index (κ2) is 6.53. The Bertz CT molecular complexity index is 662. The first kappa shape index (κ1) is 15.2. The SMILES string of the molecule is CCc1cc(Br)ccc1Nc1ccc([N+](=O)[O-])c(I)c1. The molecule has 104 valence electrons. The number of rotatable bonds is 4. The minimum Gasteiger partial charge on any atom is -0.355 e. The van der Waals surface area contributed by atoms with Crippen LogP contribution in [0, 0.1) is 13.7 Å². The molecule has 0 spiro atoms. The van der Waals surface area contributed by atoms with Gasteiger partial charge < -0.3 is 5.32 Å². The van der Waals surface area contributed by atoms with Crippen LogP contribution in [0.2, 0.25) is 0 Å². The molecule has 2 rings (SSSR count). The summed E-state index contributed by atoms with van der Waals surface area (Å²) in [4.78, 5) is 10.4. The van der Waals surface area contributed by atoms with Crippen molar-refractivity contribution in [2.45, 2.75) is 13.3 Å². The Morgan fingerprint density at radius 2 is 2.05 bits per heavy atom. The molecular weight excluding hydrogens is 435 g/mol. The van der Waals surface area contributed by atoms with E-state index in [1.807, 2.05) is 34.7 Å². The third kappa shape index (κ3) is 3.49. The van der Waals surface area contributed by atoms with Crippen LogP contribution in [0.1, 0.15) is 12.5 Å². The smallest absolute Gasteiger partial charge is 0.282 e. The minimum absolute atomic E-state index is 0.127. The van der Waals surface area contributed by atoms with Crippen molar-refractivity contribution in [3.05, 3.63) is 60.1 Å². The molecule has 1 N–H and O–H groups in total. The van der Waals surface area contributed by atoms with Crippen LogP contribution in [0.4, 0.5) is 17.1 Å². The third-order valence-electron chi connectivity index (χ3n) is 2.87. The van der Waals surface area contributed by atoms with E-state index in [1.165, 1.54) is 11.6 Å². The predicted molar refractivity (Wildman–Crippen MR) is 92.6 cm³/mol. The summed E-state index contributed by atoms with van der Waals surface area (Å²) in [6.45, 7) is 2.09. The molecule has 0 bridgehead atoms. The van der Waals surface area contributed by atoms with E-state index in [-0.39, 0.29) is 10.6 Å². The number of hydrogen-bond donors (Lipinski definition) is 1. The van der Waals surface area contributed by atoms with Gasteiger partial charge in [-0.1, -0.05) is 22.9 Å². The molecular formula is C14H12BrIN2O2. The molecule has 0 fully saturated rings. The zero-order valence-corrected chi connectivity index (χ0v) is 14.4. The van der Waals surface area contributed by atoms with Gasteiger partial charge in [-0.25, -0.2) is 0 Å². The maximum Gasteiger partial charge on any atom is 0.282 e. The second-order valence-electron chi connectivity index (χ2n) is 4.20. The van der Waals surface area contributed by atoms with Gasteiger partial charge in [0.25, 0.3) is 5.69 Å². The molecule has 0 aromatic heterocycles. The van der Waals surface area contributed by atoms with Gasteiger partial charge in [0.1, 0.15) is 0 Å². The lowest BCUT2D eigenvalue weighted by molar-refractivity contribution is -0.385. The number of nitro benzene ring substituents is 1. The van der Waals surface area contributed by atoms with Crippen molar-refractivity contribution in [1.82, 2.24) is 0 Å². The highest BCUT2D eigenvalue weighted by atomic mass is 127. The molecule has 0 saturated heterocycles. The molecule has 0 radical (unpaired) electrons. The van der Waals surface area contributed by atoms with Gasteiger partial charge in [-0.2, -0.15) is 0 Å².